The smallest absolute Gasteiger partial charge is 0.123 e. The van der Waals surface area contributed by atoms with Crippen LogP contribution in [0.1, 0.15) is 25.3 Å². The topological polar surface area (TPSA) is 12.0 Å². The first-order chi connectivity index (χ1) is 8.27. The summed E-state index contributed by atoms with van der Waals surface area (Å²) in [5.74, 6) is 2.29. The van der Waals surface area contributed by atoms with Crippen LogP contribution in [0, 0.1) is 5.82 Å². The van der Waals surface area contributed by atoms with Gasteiger partial charge in [-0.1, -0.05) is 19.1 Å². The number of hydrogen-bond donors (Lipinski definition) is 1. The Labute approximate surface area is 107 Å². The predicted molar refractivity (Wildman–Crippen MR) is 73.2 cm³/mol. The van der Waals surface area contributed by atoms with Crippen LogP contribution in [0.5, 0.6) is 0 Å². The van der Waals surface area contributed by atoms with Crippen molar-refractivity contribution in [3.63, 3.8) is 0 Å². The van der Waals surface area contributed by atoms with E-state index in [4.69, 9.17) is 0 Å². The average Bonchev–Trinajstić information content (AvgIpc) is 2.27. The van der Waals surface area contributed by atoms with Gasteiger partial charge in [0, 0.05) is 18.5 Å². The molecule has 0 aliphatic carbocycles. The van der Waals surface area contributed by atoms with Gasteiger partial charge in [-0.15, -0.1) is 0 Å². The molecule has 1 N–H and O–H groups in total. The molecule has 94 valence electrons. The zero-order valence-electron chi connectivity index (χ0n) is 10.3. The molecule has 0 aromatic heterocycles. The largest absolute Gasteiger partial charge is 0.315 e. The van der Waals surface area contributed by atoms with Gasteiger partial charge in [-0.2, -0.15) is 11.8 Å². The molecule has 1 aliphatic rings. The standard InChI is InChI=1S/C14H20FNS/c1-2-17-8-4-7-14(10-16-11-14)12-5-3-6-13(15)9-12/h3,5-6,9,16H,2,4,7-8,10-11H2,1H3. The van der Waals surface area contributed by atoms with Crippen molar-refractivity contribution in [3.05, 3.63) is 35.6 Å². The second-order valence-electron chi connectivity index (χ2n) is 4.69. The predicted octanol–water partition coefficient (Wildman–Crippen LogP) is 3.20. The van der Waals surface area contributed by atoms with E-state index >= 15 is 0 Å². The molecule has 0 amide bonds. The van der Waals surface area contributed by atoms with Gasteiger partial charge < -0.3 is 5.32 Å². The van der Waals surface area contributed by atoms with Crippen LogP contribution in [0.25, 0.3) is 0 Å². The molecule has 0 spiro atoms. The summed E-state index contributed by atoms with van der Waals surface area (Å²) < 4.78 is 13.3. The van der Waals surface area contributed by atoms with E-state index in [1.807, 2.05) is 17.8 Å². The summed E-state index contributed by atoms with van der Waals surface area (Å²) in [6.07, 6.45) is 2.38. The highest BCUT2D eigenvalue weighted by atomic mass is 32.2. The summed E-state index contributed by atoms with van der Waals surface area (Å²) in [6, 6.07) is 7.12. The Morgan fingerprint density at radius 1 is 1.41 bits per heavy atom. The zero-order chi connectivity index (χ0) is 12.1. The molecule has 0 unspecified atom stereocenters. The van der Waals surface area contributed by atoms with Crippen LogP contribution < -0.4 is 5.32 Å². The summed E-state index contributed by atoms with van der Waals surface area (Å²) in [7, 11) is 0. The average molecular weight is 253 g/mol. The van der Waals surface area contributed by atoms with Crippen molar-refractivity contribution in [3.8, 4) is 0 Å². The zero-order valence-corrected chi connectivity index (χ0v) is 11.2. The van der Waals surface area contributed by atoms with E-state index in [1.165, 1.54) is 24.0 Å². The number of halogens is 1. The molecule has 1 heterocycles. The Balaban J connectivity index is 1.99. The van der Waals surface area contributed by atoms with E-state index < -0.39 is 0 Å². The molecule has 1 nitrogen and oxygen atoms in total. The molecule has 1 fully saturated rings. The first kappa shape index (κ1) is 12.9. The molecule has 3 heteroatoms. The van der Waals surface area contributed by atoms with Crippen molar-refractivity contribution in [1.82, 2.24) is 5.32 Å². The summed E-state index contributed by atoms with van der Waals surface area (Å²) in [4.78, 5) is 0. The van der Waals surface area contributed by atoms with Gasteiger partial charge >= 0.3 is 0 Å². The first-order valence-corrected chi connectivity index (χ1v) is 7.47. The highest BCUT2D eigenvalue weighted by molar-refractivity contribution is 7.99. The molecule has 2 rings (SSSR count). The summed E-state index contributed by atoms with van der Waals surface area (Å²) in [5, 5.41) is 3.33. The van der Waals surface area contributed by atoms with E-state index in [0.717, 1.165) is 25.1 Å². The minimum absolute atomic E-state index is 0.114. The van der Waals surface area contributed by atoms with Crippen LogP contribution >= 0.6 is 11.8 Å². The molecule has 0 saturated carbocycles. The minimum Gasteiger partial charge on any atom is -0.315 e. The van der Waals surface area contributed by atoms with E-state index in [2.05, 4.69) is 18.3 Å². The van der Waals surface area contributed by atoms with Gasteiger partial charge in [-0.05, 0) is 42.0 Å². The van der Waals surface area contributed by atoms with E-state index in [-0.39, 0.29) is 11.2 Å². The van der Waals surface area contributed by atoms with Crippen LogP contribution in [0.4, 0.5) is 4.39 Å². The number of thioether (sulfide) groups is 1. The van der Waals surface area contributed by atoms with Crippen molar-refractivity contribution in [2.45, 2.75) is 25.2 Å². The normalized spacial score (nSPS) is 17.8. The highest BCUT2D eigenvalue weighted by Gasteiger charge is 2.37. The molecule has 1 aliphatic heterocycles. The van der Waals surface area contributed by atoms with Gasteiger partial charge in [-0.25, -0.2) is 4.39 Å². The Morgan fingerprint density at radius 3 is 2.82 bits per heavy atom. The summed E-state index contributed by atoms with van der Waals surface area (Å²) in [5.41, 5.74) is 1.36. The third kappa shape index (κ3) is 3.02. The molecular formula is C14H20FNS. The Morgan fingerprint density at radius 2 is 2.24 bits per heavy atom. The molecule has 1 aromatic rings. The number of nitrogens with one attached hydrogen (secondary N) is 1. The maximum absolute atomic E-state index is 13.3. The van der Waals surface area contributed by atoms with Gasteiger partial charge in [-0.3, -0.25) is 0 Å². The lowest BCUT2D eigenvalue weighted by Crippen LogP contribution is -2.56. The maximum Gasteiger partial charge on any atom is 0.123 e. The maximum atomic E-state index is 13.3. The fourth-order valence-electron chi connectivity index (χ4n) is 2.43. The molecule has 0 bridgehead atoms. The van der Waals surface area contributed by atoms with Crippen LogP contribution in [0.15, 0.2) is 24.3 Å². The first-order valence-electron chi connectivity index (χ1n) is 6.31. The lowest BCUT2D eigenvalue weighted by atomic mass is 9.72. The Bertz CT molecular complexity index is 363. The third-order valence-electron chi connectivity index (χ3n) is 3.51. The fraction of sp³-hybridized carbons (Fsp3) is 0.571. The number of hydrogen-bond acceptors (Lipinski definition) is 2. The Kier molecular flexibility index (Phi) is 4.46. The minimum atomic E-state index is -0.114. The van der Waals surface area contributed by atoms with E-state index in [1.54, 1.807) is 6.07 Å². The van der Waals surface area contributed by atoms with Crippen LogP contribution in [-0.4, -0.2) is 24.6 Å². The van der Waals surface area contributed by atoms with Gasteiger partial charge in [0.15, 0.2) is 0 Å². The third-order valence-corrected chi connectivity index (χ3v) is 4.50. The van der Waals surface area contributed by atoms with Crippen molar-refractivity contribution >= 4 is 11.8 Å². The molecular weight excluding hydrogens is 233 g/mol. The van der Waals surface area contributed by atoms with Crippen molar-refractivity contribution in [1.29, 1.82) is 0 Å². The lowest BCUT2D eigenvalue weighted by molar-refractivity contribution is 0.255. The monoisotopic (exact) mass is 253 g/mol. The van der Waals surface area contributed by atoms with Crippen molar-refractivity contribution in [2.24, 2.45) is 0 Å². The van der Waals surface area contributed by atoms with Crippen LogP contribution in [0.3, 0.4) is 0 Å². The van der Waals surface area contributed by atoms with Crippen LogP contribution in [-0.2, 0) is 5.41 Å². The summed E-state index contributed by atoms with van der Waals surface area (Å²) >= 11 is 1.99. The van der Waals surface area contributed by atoms with Gasteiger partial charge in [0.25, 0.3) is 0 Å². The molecule has 0 atom stereocenters. The van der Waals surface area contributed by atoms with Crippen molar-refractivity contribution in [2.75, 3.05) is 24.6 Å². The fourth-order valence-corrected chi connectivity index (χ4v) is 3.06. The van der Waals surface area contributed by atoms with Gasteiger partial charge in [0.05, 0.1) is 0 Å². The van der Waals surface area contributed by atoms with Crippen molar-refractivity contribution < 1.29 is 4.39 Å². The van der Waals surface area contributed by atoms with Gasteiger partial charge in [0.2, 0.25) is 0 Å². The number of rotatable bonds is 6. The number of benzene rings is 1. The molecule has 1 aromatic carbocycles. The summed E-state index contributed by atoms with van der Waals surface area (Å²) in [6.45, 7) is 4.18. The molecule has 1 saturated heterocycles. The highest BCUT2D eigenvalue weighted by Crippen LogP contribution is 2.34. The van der Waals surface area contributed by atoms with Crippen LogP contribution in [0.2, 0.25) is 0 Å². The Hall–Kier alpha value is -0.540. The quantitative estimate of drug-likeness (QED) is 0.781. The van der Waals surface area contributed by atoms with E-state index in [0.29, 0.717) is 0 Å². The second kappa shape index (κ2) is 5.87. The lowest BCUT2D eigenvalue weighted by Gasteiger charge is -2.43. The molecule has 17 heavy (non-hydrogen) atoms. The van der Waals surface area contributed by atoms with E-state index in [9.17, 15) is 4.39 Å². The van der Waals surface area contributed by atoms with Gasteiger partial charge in [0.1, 0.15) is 5.82 Å². The SMILES string of the molecule is CCSCCCC1(c2cccc(F)c2)CNC1. The molecule has 0 radical (unpaired) electrons. The second-order valence-corrected chi connectivity index (χ2v) is 6.09.